The van der Waals surface area contributed by atoms with Crippen LogP contribution in [-0.4, -0.2) is 28.6 Å². The van der Waals surface area contributed by atoms with E-state index in [4.69, 9.17) is 9.47 Å². The van der Waals surface area contributed by atoms with Gasteiger partial charge in [-0.15, -0.1) is 0 Å². The number of pyridine rings is 1. The van der Waals surface area contributed by atoms with Crippen LogP contribution in [0.25, 0.3) is 10.8 Å². The number of halogens is 1. The van der Waals surface area contributed by atoms with Gasteiger partial charge in [-0.05, 0) is 88.2 Å². The van der Waals surface area contributed by atoms with Crippen molar-refractivity contribution in [3.8, 4) is 17.2 Å². The maximum absolute atomic E-state index is 13.3. The molecule has 0 radical (unpaired) electrons. The minimum atomic E-state index is -1.05. The van der Waals surface area contributed by atoms with Crippen LogP contribution in [0.4, 0.5) is 4.39 Å². The van der Waals surface area contributed by atoms with Gasteiger partial charge in [0.1, 0.15) is 28.8 Å². The Morgan fingerprint density at radius 3 is 2.18 bits per heavy atom. The first-order chi connectivity index (χ1) is 21.5. The molecule has 1 heterocycles. The van der Waals surface area contributed by atoms with Crippen LogP contribution in [0.2, 0.25) is 0 Å². The Hall–Kier alpha value is -5.24. The van der Waals surface area contributed by atoms with Crippen LogP contribution < -0.4 is 14.8 Å². The average Bonchev–Trinajstić information content (AvgIpc) is 3.01. The quantitative estimate of drug-likeness (QED) is 0.158. The highest BCUT2D eigenvalue weighted by molar-refractivity contribution is 5.97. The van der Waals surface area contributed by atoms with Crippen molar-refractivity contribution >= 4 is 22.6 Å². The Labute approximate surface area is 261 Å². The first kappa shape index (κ1) is 31.2. The second-order valence-electron chi connectivity index (χ2n) is 11.9. The molecule has 45 heavy (non-hydrogen) atoms. The van der Waals surface area contributed by atoms with Crippen molar-refractivity contribution in [2.24, 2.45) is 0 Å². The lowest BCUT2D eigenvalue weighted by molar-refractivity contribution is -0.137. The third kappa shape index (κ3) is 8.44. The Balaban J connectivity index is 1.25. The van der Waals surface area contributed by atoms with E-state index in [1.807, 2.05) is 42.5 Å². The molecule has 8 heteroatoms. The molecule has 0 aliphatic rings. The predicted molar refractivity (Wildman–Crippen MR) is 171 cm³/mol. The SMILES string of the molecule is CC(C)(C)c1ccc(Oc2ccc3cnc(C(=O)NC(CC(=O)O)c4ccc(OCCc5ccc(F)cc5)cc4)cc3c2)cc1. The molecule has 0 saturated carbocycles. The van der Waals surface area contributed by atoms with Gasteiger partial charge in [-0.3, -0.25) is 14.6 Å². The molecular formula is C37H35FN2O5. The van der Waals surface area contributed by atoms with Gasteiger partial charge in [0.2, 0.25) is 0 Å². The molecule has 230 valence electrons. The molecule has 1 amide bonds. The fourth-order valence-corrected chi connectivity index (χ4v) is 4.86. The molecule has 0 fully saturated rings. The highest BCUT2D eigenvalue weighted by Gasteiger charge is 2.20. The largest absolute Gasteiger partial charge is 0.493 e. The number of carbonyl (C=O) groups excluding carboxylic acids is 1. The van der Waals surface area contributed by atoms with Crippen molar-refractivity contribution in [3.63, 3.8) is 0 Å². The summed E-state index contributed by atoms with van der Waals surface area (Å²) in [6.07, 6.45) is 1.91. The number of carboxylic acid groups (broad SMARTS) is 1. The van der Waals surface area contributed by atoms with Crippen LogP contribution in [0.1, 0.15) is 60.4 Å². The summed E-state index contributed by atoms with van der Waals surface area (Å²) >= 11 is 0. The molecule has 5 rings (SSSR count). The molecule has 1 atom stereocenters. The van der Waals surface area contributed by atoms with Crippen molar-refractivity contribution < 1.29 is 28.6 Å². The lowest BCUT2D eigenvalue weighted by atomic mass is 9.87. The minimum Gasteiger partial charge on any atom is -0.493 e. The summed E-state index contributed by atoms with van der Waals surface area (Å²) in [6, 6.07) is 27.6. The Morgan fingerprint density at radius 1 is 0.844 bits per heavy atom. The van der Waals surface area contributed by atoms with E-state index >= 15 is 0 Å². The van der Waals surface area contributed by atoms with E-state index in [0.29, 0.717) is 35.8 Å². The molecule has 0 bridgehead atoms. The number of nitrogens with one attached hydrogen (secondary N) is 1. The topological polar surface area (TPSA) is 97.8 Å². The van der Waals surface area contributed by atoms with Crippen LogP contribution in [0, 0.1) is 5.82 Å². The summed E-state index contributed by atoms with van der Waals surface area (Å²) in [5, 5.41) is 14.0. The maximum atomic E-state index is 13.3. The smallest absolute Gasteiger partial charge is 0.305 e. The molecule has 0 aliphatic heterocycles. The fraction of sp³-hybridized carbons (Fsp3) is 0.216. The van der Waals surface area contributed by atoms with Crippen molar-refractivity contribution in [1.82, 2.24) is 10.3 Å². The summed E-state index contributed by atoms with van der Waals surface area (Å²) in [5.74, 6) is 0.0886. The second kappa shape index (κ2) is 13.6. The zero-order valence-corrected chi connectivity index (χ0v) is 25.4. The molecule has 0 aliphatic carbocycles. The highest BCUT2D eigenvalue weighted by Crippen LogP contribution is 2.29. The summed E-state index contributed by atoms with van der Waals surface area (Å²) in [7, 11) is 0. The van der Waals surface area contributed by atoms with Crippen LogP contribution >= 0.6 is 0 Å². The number of hydrogen-bond donors (Lipinski definition) is 2. The molecule has 0 saturated heterocycles. The number of ether oxygens (including phenoxy) is 2. The van der Waals surface area contributed by atoms with E-state index in [-0.39, 0.29) is 23.3 Å². The maximum Gasteiger partial charge on any atom is 0.305 e. The van der Waals surface area contributed by atoms with Crippen LogP contribution in [0.3, 0.4) is 0 Å². The van der Waals surface area contributed by atoms with Gasteiger partial charge in [-0.25, -0.2) is 4.39 Å². The first-order valence-corrected chi connectivity index (χ1v) is 14.7. The molecule has 1 unspecified atom stereocenters. The van der Waals surface area contributed by atoms with E-state index in [9.17, 15) is 19.1 Å². The van der Waals surface area contributed by atoms with Gasteiger partial charge in [-0.1, -0.05) is 57.2 Å². The number of fused-ring (bicyclic) bond motifs is 1. The number of aliphatic carboxylic acids is 1. The Bertz CT molecular complexity index is 1780. The number of carboxylic acids is 1. The number of benzene rings is 4. The van der Waals surface area contributed by atoms with Gasteiger partial charge < -0.3 is 19.9 Å². The zero-order chi connectivity index (χ0) is 32.0. The van der Waals surface area contributed by atoms with Crippen molar-refractivity contribution in [1.29, 1.82) is 0 Å². The van der Waals surface area contributed by atoms with Gasteiger partial charge in [0.15, 0.2) is 0 Å². The van der Waals surface area contributed by atoms with Crippen LogP contribution in [-0.2, 0) is 16.6 Å². The standard InChI is InChI=1S/C37H35FN2O5/c1-37(2,3)28-9-16-31(17-10-28)45-32-15-8-26-23-39-34(21-27(26)20-32)36(43)40-33(22-35(41)42)25-6-13-30(14-7-25)44-19-18-24-4-11-29(38)12-5-24/h4-17,20-21,23,33H,18-19,22H2,1-3H3,(H,40,43)(H,41,42). The predicted octanol–water partition coefficient (Wildman–Crippen LogP) is 8.03. The molecule has 2 N–H and O–H groups in total. The van der Waals surface area contributed by atoms with Gasteiger partial charge in [0.25, 0.3) is 5.91 Å². The lowest BCUT2D eigenvalue weighted by Crippen LogP contribution is -2.30. The normalized spacial score (nSPS) is 12.0. The summed E-state index contributed by atoms with van der Waals surface area (Å²) in [6.45, 7) is 6.86. The second-order valence-corrected chi connectivity index (χ2v) is 11.9. The number of aromatic nitrogens is 1. The fourth-order valence-electron chi connectivity index (χ4n) is 4.86. The summed E-state index contributed by atoms with van der Waals surface area (Å²) < 4.78 is 25.0. The lowest BCUT2D eigenvalue weighted by Gasteiger charge is -2.19. The zero-order valence-electron chi connectivity index (χ0n) is 25.4. The number of rotatable bonds is 11. The number of nitrogens with zero attached hydrogens (tertiary/aromatic N) is 1. The Kier molecular flexibility index (Phi) is 9.42. The molecule has 1 aromatic heterocycles. The summed E-state index contributed by atoms with van der Waals surface area (Å²) in [5.41, 5.74) is 2.98. The van der Waals surface area contributed by atoms with Crippen molar-refractivity contribution in [2.75, 3.05) is 6.61 Å². The van der Waals surface area contributed by atoms with Crippen LogP contribution in [0.15, 0.2) is 103 Å². The number of amides is 1. The van der Waals surface area contributed by atoms with Gasteiger partial charge in [0.05, 0.1) is 19.1 Å². The van der Waals surface area contributed by atoms with Gasteiger partial charge in [-0.2, -0.15) is 0 Å². The van der Waals surface area contributed by atoms with E-state index < -0.39 is 17.9 Å². The molecule has 0 spiro atoms. The minimum absolute atomic E-state index is 0.0416. The van der Waals surface area contributed by atoms with Crippen molar-refractivity contribution in [3.05, 3.63) is 131 Å². The Morgan fingerprint density at radius 2 is 1.51 bits per heavy atom. The third-order valence-corrected chi connectivity index (χ3v) is 7.42. The molecule has 4 aromatic carbocycles. The third-order valence-electron chi connectivity index (χ3n) is 7.42. The van der Waals surface area contributed by atoms with Crippen molar-refractivity contribution in [2.45, 2.75) is 45.1 Å². The van der Waals surface area contributed by atoms with Gasteiger partial charge in [0, 0.05) is 18.0 Å². The number of hydrogen-bond acceptors (Lipinski definition) is 5. The monoisotopic (exact) mass is 606 g/mol. The van der Waals surface area contributed by atoms with E-state index in [0.717, 1.165) is 16.3 Å². The van der Waals surface area contributed by atoms with E-state index in [1.165, 1.54) is 17.7 Å². The average molecular weight is 607 g/mol. The first-order valence-electron chi connectivity index (χ1n) is 14.7. The molecule has 5 aromatic rings. The number of carbonyl (C=O) groups is 2. The molecular weight excluding hydrogens is 571 g/mol. The van der Waals surface area contributed by atoms with Crippen LogP contribution in [0.5, 0.6) is 17.2 Å². The molecule has 7 nitrogen and oxygen atoms in total. The van der Waals surface area contributed by atoms with E-state index in [1.54, 1.807) is 48.7 Å². The van der Waals surface area contributed by atoms with E-state index in [2.05, 4.69) is 31.1 Å². The highest BCUT2D eigenvalue weighted by atomic mass is 19.1. The summed E-state index contributed by atoms with van der Waals surface area (Å²) in [4.78, 5) is 29.2. The van der Waals surface area contributed by atoms with Gasteiger partial charge >= 0.3 is 5.97 Å².